The van der Waals surface area contributed by atoms with E-state index < -0.39 is 0 Å². The first kappa shape index (κ1) is 10.5. The van der Waals surface area contributed by atoms with Crippen molar-refractivity contribution in [2.24, 2.45) is 5.73 Å². The molecular formula is C10H14N4. The number of nitriles is 1. The van der Waals surface area contributed by atoms with Gasteiger partial charge in [-0.25, -0.2) is 0 Å². The van der Waals surface area contributed by atoms with Gasteiger partial charge in [0.25, 0.3) is 0 Å². The van der Waals surface area contributed by atoms with Crippen LogP contribution in [0.3, 0.4) is 0 Å². The summed E-state index contributed by atoms with van der Waals surface area (Å²) in [4.78, 5) is 3.87. The quantitative estimate of drug-likeness (QED) is 0.748. The van der Waals surface area contributed by atoms with Crippen molar-refractivity contribution >= 4 is 5.69 Å². The predicted molar refractivity (Wildman–Crippen MR) is 55.7 cm³/mol. The first-order chi connectivity index (χ1) is 6.53. The molecule has 1 aromatic rings. The van der Waals surface area contributed by atoms with Crippen molar-refractivity contribution in [2.45, 2.75) is 19.4 Å². The van der Waals surface area contributed by atoms with Gasteiger partial charge >= 0.3 is 0 Å². The molecule has 0 saturated carbocycles. The summed E-state index contributed by atoms with van der Waals surface area (Å²) in [5, 5.41) is 11.9. The van der Waals surface area contributed by atoms with Gasteiger partial charge in [0.2, 0.25) is 0 Å². The fourth-order valence-corrected chi connectivity index (χ4v) is 0.961. The Morgan fingerprint density at radius 2 is 2.36 bits per heavy atom. The molecule has 3 N–H and O–H groups in total. The van der Waals surface area contributed by atoms with Gasteiger partial charge in [0.05, 0.1) is 11.3 Å². The Labute approximate surface area is 83.8 Å². The van der Waals surface area contributed by atoms with Crippen molar-refractivity contribution in [3.8, 4) is 6.07 Å². The second-order valence-electron chi connectivity index (χ2n) is 3.88. The Balaban J connectivity index is 2.73. The molecule has 1 heterocycles. The summed E-state index contributed by atoms with van der Waals surface area (Å²) < 4.78 is 0. The molecule has 0 atom stereocenters. The van der Waals surface area contributed by atoms with Crippen LogP contribution in [0.4, 0.5) is 5.69 Å². The summed E-state index contributed by atoms with van der Waals surface area (Å²) in [6.45, 7) is 4.46. The summed E-state index contributed by atoms with van der Waals surface area (Å²) in [5.41, 5.74) is 6.84. The van der Waals surface area contributed by atoms with Crippen LogP contribution >= 0.6 is 0 Å². The lowest BCUT2D eigenvalue weighted by Gasteiger charge is -2.20. The summed E-state index contributed by atoms with van der Waals surface area (Å²) in [6.07, 6.45) is 3.18. The normalized spacial score (nSPS) is 10.7. The molecule has 74 valence electrons. The molecule has 0 spiro atoms. The maximum Gasteiger partial charge on any atom is 0.103 e. The molecule has 0 fully saturated rings. The smallest absolute Gasteiger partial charge is 0.103 e. The van der Waals surface area contributed by atoms with Crippen LogP contribution in [0.1, 0.15) is 19.4 Å². The van der Waals surface area contributed by atoms with Crippen LogP contribution in [0, 0.1) is 11.3 Å². The van der Waals surface area contributed by atoms with Gasteiger partial charge in [0, 0.05) is 24.5 Å². The van der Waals surface area contributed by atoms with E-state index in [2.05, 4.69) is 16.4 Å². The van der Waals surface area contributed by atoms with Crippen molar-refractivity contribution in [3.05, 3.63) is 24.0 Å². The number of rotatable bonds is 3. The molecule has 4 heteroatoms. The third kappa shape index (κ3) is 3.04. The van der Waals surface area contributed by atoms with Gasteiger partial charge in [-0.1, -0.05) is 0 Å². The molecule has 0 saturated heterocycles. The van der Waals surface area contributed by atoms with Crippen molar-refractivity contribution in [3.63, 3.8) is 0 Å². The number of nitrogens with zero attached hydrogens (tertiary/aromatic N) is 2. The molecule has 0 unspecified atom stereocenters. The lowest BCUT2D eigenvalue weighted by molar-refractivity contribution is 0.549. The molecule has 0 aromatic carbocycles. The topological polar surface area (TPSA) is 74.7 Å². The second-order valence-corrected chi connectivity index (χ2v) is 3.88. The van der Waals surface area contributed by atoms with E-state index in [1.165, 1.54) is 6.20 Å². The monoisotopic (exact) mass is 190 g/mol. The van der Waals surface area contributed by atoms with Crippen LogP contribution < -0.4 is 11.1 Å². The molecule has 0 amide bonds. The lowest BCUT2D eigenvalue weighted by Crippen LogP contribution is -2.39. The maximum absolute atomic E-state index is 8.79. The van der Waals surface area contributed by atoms with E-state index in [0.29, 0.717) is 12.1 Å². The Bertz CT molecular complexity index is 346. The van der Waals surface area contributed by atoms with E-state index in [9.17, 15) is 0 Å². The third-order valence-electron chi connectivity index (χ3n) is 1.68. The van der Waals surface area contributed by atoms with Gasteiger partial charge in [-0.3, -0.25) is 4.98 Å². The van der Waals surface area contributed by atoms with E-state index >= 15 is 0 Å². The molecule has 1 rings (SSSR count). The number of pyridine rings is 1. The van der Waals surface area contributed by atoms with Crippen LogP contribution in [0.2, 0.25) is 0 Å². The highest BCUT2D eigenvalue weighted by atomic mass is 14.9. The molecule has 0 aliphatic heterocycles. The molecular weight excluding hydrogens is 176 g/mol. The molecule has 14 heavy (non-hydrogen) atoms. The molecule has 1 aromatic heterocycles. The summed E-state index contributed by atoms with van der Waals surface area (Å²) >= 11 is 0. The summed E-state index contributed by atoms with van der Waals surface area (Å²) in [7, 11) is 0. The average molecular weight is 190 g/mol. The zero-order valence-corrected chi connectivity index (χ0v) is 8.41. The SMILES string of the molecule is CC(C)(N)CNc1ccncc1C#N. The Hall–Kier alpha value is -1.60. The standard InChI is InChI=1S/C10H14N4/c1-10(2,12)7-14-9-3-4-13-6-8(9)5-11/h3-4,6H,7,12H2,1-2H3,(H,13,14). The minimum absolute atomic E-state index is 0.296. The number of anilines is 1. The summed E-state index contributed by atoms with van der Waals surface area (Å²) in [5.74, 6) is 0. The van der Waals surface area contributed by atoms with E-state index in [1.54, 1.807) is 12.3 Å². The Kier molecular flexibility index (Phi) is 3.05. The van der Waals surface area contributed by atoms with Crippen LogP contribution in [-0.4, -0.2) is 17.1 Å². The van der Waals surface area contributed by atoms with Crippen LogP contribution in [0.25, 0.3) is 0 Å². The van der Waals surface area contributed by atoms with Crippen molar-refractivity contribution < 1.29 is 0 Å². The number of hydrogen-bond donors (Lipinski definition) is 2. The minimum Gasteiger partial charge on any atom is -0.382 e. The first-order valence-corrected chi connectivity index (χ1v) is 4.40. The fourth-order valence-electron chi connectivity index (χ4n) is 0.961. The first-order valence-electron chi connectivity index (χ1n) is 4.40. The Morgan fingerprint density at radius 3 is 2.93 bits per heavy atom. The highest BCUT2D eigenvalue weighted by molar-refractivity contribution is 5.55. The van der Waals surface area contributed by atoms with Gasteiger partial charge in [0.1, 0.15) is 6.07 Å². The van der Waals surface area contributed by atoms with E-state index in [0.717, 1.165) is 5.69 Å². The van der Waals surface area contributed by atoms with E-state index in [-0.39, 0.29) is 5.54 Å². The van der Waals surface area contributed by atoms with E-state index in [4.69, 9.17) is 11.0 Å². The van der Waals surface area contributed by atoms with Gasteiger partial charge in [0.15, 0.2) is 0 Å². The Morgan fingerprint density at radius 1 is 1.64 bits per heavy atom. The number of nitrogens with one attached hydrogen (secondary N) is 1. The predicted octanol–water partition coefficient (Wildman–Crippen LogP) is 1.10. The van der Waals surface area contributed by atoms with Crippen molar-refractivity contribution in [1.82, 2.24) is 4.98 Å². The highest BCUT2D eigenvalue weighted by Gasteiger charge is 2.10. The highest BCUT2D eigenvalue weighted by Crippen LogP contribution is 2.12. The number of aromatic nitrogens is 1. The van der Waals surface area contributed by atoms with Gasteiger partial charge in [-0.05, 0) is 19.9 Å². The number of hydrogen-bond acceptors (Lipinski definition) is 4. The number of nitrogens with two attached hydrogens (primary N) is 1. The van der Waals surface area contributed by atoms with Crippen molar-refractivity contribution in [2.75, 3.05) is 11.9 Å². The molecule has 0 aliphatic rings. The van der Waals surface area contributed by atoms with Gasteiger partial charge in [-0.15, -0.1) is 0 Å². The van der Waals surface area contributed by atoms with E-state index in [1.807, 2.05) is 13.8 Å². The van der Waals surface area contributed by atoms with Crippen LogP contribution in [-0.2, 0) is 0 Å². The zero-order valence-electron chi connectivity index (χ0n) is 8.41. The maximum atomic E-state index is 8.79. The average Bonchev–Trinajstić information content (AvgIpc) is 2.14. The largest absolute Gasteiger partial charge is 0.382 e. The second kappa shape index (κ2) is 4.07. The lowest BCUT2D eigenvalue weighted by atomic mass is 10.1. The van der Waals surface area contributed by atoms with Crippen LogP contribution in [0.5, 0.6) is 0 Å². The van der Waals surface area contributed by atoms with Crippen molar-refractivity contribution in [1.29, 1.82) is 5.26 Å². The molecule has 0 aliphatic carbocycles. The van der Waals surface area contributed by atoms with Gasteiger partial charge in [-0.2, -0.15) is 5.26 Å². The molecule has 4 nitrogen and oxygen atoms in total. The van der Waals surface area contributed by atoms with Gasteiger partial charge < -0.3 is 11.1 Å². The molecule has 0 radical (unpaired) electrons. The minimum atomic E-state index is -0.296. The third-order valence-corrected chi connectivity index (χ3v) is 1.68. The summed E-state index contributed by atoms with van der Waals surface area (Å²) in [6, 6.07) is 3.83. The van der Waals surface area contributed by atoms with Crippen LogP contribution in [0.15, 0.2) is 18.5 Å². The fraction of sp³-hybridized carbons (Fsp3) is 0.400. The molecule has 0 bridgehead atoms. The zero-order chi connectivity index (χ0) is 10.6.